The van der Waals surface area contributed by atoms with Gasteiger partial charge in [-0.25, -0.2) is 4.79 Å². The maximum Gasteiger partial charge on any atom is 0.312 e. The Balaban J connectivity index is 2.00. The van der Waals surface area contributed by atoms with Crippen molar-refractivity contribution < 1.29 is 9.59 Å². The smallest absolute Gasteiger partial charge is 0.312 e. The van der Waals surface area contributed by atoms with Gasteiger partial charge in [-0.15, -0.1) is 0 Å². The van der Waals surface area contributed by atoms with E-state index in [0.717, 1.165) is 5.56 Å². The maximum absolute atomic E-state index is 12.5. The van der Waals surface area contributed by atoms with Crippen LogP contribution in [0.25, 0.3) is 0 Å². The normalized spacial score (nSPS) is 21.9. The predicted molar refractivity (Wildman–Crippen MR) is 80.8 cm³/mol. The first kappa shape index (κ1) is 15.3. The number of nitrogens with one attached hydrogen (secondary N) is 2. The van der Waals surface area contributed by atoms with E-state index in [4.69, 9.17) is 5.73 Å². The number of amides is 3. The first-order chi connectivity index (χ1) is 9.95. The summed E-state index contributed by atoms with van der Waals surface area (Å²) < 4.78 is 0. The van der Waals surface area contributed by atoms with Gasteiger partial charge >= 0.3 is 6.03 Å². The van der Waals surface area contributed by atoms with Crippen LogP contribution in [0.2, 0.25) is 0 Å². The molecule has 0 saturated carbocycles. The lowest BCUT2D eigenvalue weighted by Gasteiger charge is -2.36. The van der Waals surface area contributed by atoms with Crippen LogP contribution in [0.5, 0.6) is 0 Å². The Bertz CT molecular complexity index is 505. The summed E-state index contributed by atoms with van der Waals surface area (Å²) in [6.07, 6.45) is 0. The molecule has 1 aromatic rings. The third kappa shape index (κ3) is 4.19. The monoisotopic (exact) mass is 290 g/mol. The molecule has 114 valence electrons. The molecule has 3 amide bonds. The van der Waals surface area contributed by atoms with Crippen molar-refractivity contribution in [3.05, 3.63) is 35.4 Å². The summed E-state index contributed by atoms with van der Waals surface area (Å²) in [7, 11) is 0. The van der Waals surface area contributed by atoms with Gasteiger partial charge in [0.05, 0.1) is 0 Å². The minimum atomic E-state index is -0.557. The summed E-state index contributed by atoms with van der Waals surface area (Å²) in [4.78, 5) is 25.0. The first-order valence-electron chi connectivity index (χ1n) is 7.13. The Morgan fingerprint density at radius 3 is 2.33 bits per heavy atom. The van der Waals surface area contributed by atoms with Gasteiger partial charge < -0.3 is 21.3 Å². The molecule has 21 heavy (non-hydrogen) atoms. The molecule has 1 heterocycles. The zero-order chi connectivity index (χ0) is 15.4. The number of piperazine rings is 1. The van der Waals surface area contributed by atoms with E-state index >= 15 is 0 Å². The molecule has 0 unspecified atom stereocenters. The second kappa shape index (κ2) is 6.58. The minimum absolute atomic E-state index is 0.0459. The Labute approximate surface area is 124 Å². The number of primary amides is 1. The summed E-state index contributed by atoms with van der Waals surface area (Å²) in [5.41, 5.74) is 6.60. The molecular formula is C15H22N4O2. The molecule has 2 atom stereocenters. The molecule has 0 radical (unpaired) electrons. The topological polar surface area (TPSA) is 87.5 Å². The molecule has 1 fully saturated rings. The third-order valence-electron chi connectivity index (χ3n) is 3.51. The molecule has 4 N–H and O–H groups in total. The molecule has 0 bridgehead atoms. The van der Waals surface area contributed by atoms with E-state index in [2.05, 4.69) is 24.5 Å². The zero-order valence-corrected chi connectivity index (χ0v) is 12.4. The maximum atomic E-state index is 12.5. The largest absolute Gasteiger partial charge is 0.352 e. The van der Waals surface area contributed by atoms with Gasteiger partial charge in [0.15, 0.2) is 0 Å². The van der Waals surface area contributed by atoms with Crippen LogP contribution < -0.4 is 16.4 Å². The molecule has 1 aliphatic rings. The van der Waals surface area contributed by atoms with Gasteiger partial charge in [-0.05, 0) is 31.5 Å². The van der Waals surface area contributed by atoms with Gasteiger partial charge in [-0.1, -0.05) is 12.1 Å². The Morgan fingerprint density at radius 1 is 1.24 bits per heavy atom. The molecule has 6 heteroatoms. The SMILES string of the molecule is C[C@@H]1CN(C(=O)c2ccc(CNC(N)=O)cc2)C[C@H](C)N1. The van der Waals surface area contributed by atoms with Crippen molar-refractivity contribution in [2.75, 3.05) is 13.1 Å². The highest BCUT2D eigenvalue weighted by molar-refractivity contribution is 5.94. The summed E-state index contributed by atoms with van der Waals surface area (Å²) in [6, 6.07) is 7.29. The van der Waals surface area contributed by atoms with E-state index in [9.17, 15) is 9.59 Å². The van der Waals surface area contributed by atoms with Crippen LogP contribution in [0.1, 0.15) is 29.8 Å². The average molecular weight is 290 g/mol. The molecule has 2 rings (SSSR count). The minimum Gasteiger partial charge on any atom is -0.352 e. The number of hydrogen-bond donors (Lipinski definition) is 3. The van der Waals surface area contributed by atoms with Gasteiger partial charge in [-0.2, -0.15) is 0 Å². The molecule has 6 nitrogen and oxygen atoms in total. The number of carbonyl (C=O) groups is 2. The number of nitrogens with zero attached hydrogens (tertiary/aromatic N) is 1. The quantitative estimate of drug-likeness (QED) is 0.765. The van der Waals surface area contributed by atoms with Gasteiger partial charge in [0.25, 0.3) is 5.91 Å². The summed E-state index contributed by atoms with van der Waals surface area (Å²) in [6.45, 7) is 5.96. The molecule has 0 aromatic heterocycles. The molecule has 1 saturated heterocycles. The summed E-state index contributed by atoms with van der Waals surface area (Å²) in [5.74, 6) is 0.0459. The van der Waals surface area contributed by atoms with Crippen LogP contribution in [0.4, 0.5) is 4.79 Å². The van der Waals surface area contributed by atoms with Crippen molar-refractivity contribution in [2.45, 2.75) is 32.5 Å². The van der Waals surface area contributed by atoms with Crippen LogP contribution in [0, 0.1) is 0 Å². The van der Waals surface area contributed by atoms with Gasteiger partial charge in [0.1, 0.15) is 0 Å². The fraction of sp³-hybridized carbons (Fsp3) is 0.467. The van der Waals surface area contributed by atoms with Crippen LogP contribution in [0.15, 0.2) is 24.3 Å². The van der Waals surface area contributed by atoms with E-state index in [1.165, 1.54) is 0 Å². The second-order valence-corrected chi connectivity index (χ2v) is 5.59. The number of nitrogens with two attached hydrogens (primary N) is 1. The van der Waals surface area contributed by atoms with Crippen molar-refractivity contribution in [1.82, 2.24) is 15.5 Å². The van der Waals surface area contributed by atoms with Crippen LogP contribution in [0.3, 0.4) is 0 Å². The van der Waals surface area contributed by atoms with Gasteiger partial charge in [-0.3, -0.25) is 4.79 Å². The summed E-state index contributed by atoms with van der Waals surface area (Å²) >= 11 is 0. The lowest BCUT2D eigenvalue weighted by atomic mass is 10.1. The van der Waals surface area contributed by atoms with Crippen LogP contribution in [-0.2, 0) is 6.54 Å². The average Bonchev–Trinajstić information content (AvgIpc) is 2.44. The third-order valence-corrected chi connectivity index (χ3v) is 3.51. The van der Waals surface area contributed by atoms with E-state index < -0.39 is 6.03 Å². The first-order valence-corrected chi connectivity index (χ1v) is 7.13. The van der Waals surface area contributed by atoms with Crippen LogP contribution >= 0.6 is 0 Å². The number of hydrogen-bond acceptors (Lipinski definition) is 3. The van der Waals surface area contributed by atoms with Crippen molar-refractivity contribution in [1.29, 1.82) is 0 Å². The van der Waals surface area contributed by atoms with Crippen LogP contribution in [-0.4, -0.2) is 42.0 Å². The number of benzene rings is 1. The number of rotatable bonds is 3. The van der Waals surface area contributed by atoms with Gasteiger partial charge in [0, 0.05) is 37.3 Å². The zero-order valence-electron chi connectivity index (χ0n) is 12.4. The predicted octanol–water partition coefficient (Wildman–Crippen LogP) is 0.677. The molecule has 1 aromatic carbocycles. The molecule has 0 spiro atoms. The van der Waals surface area contributed by atoms with E-state index in [1.807, 2.05) is 17.0 Å². The molecule has 1 aliphatic heterocycles. The Morgan fingerprint density at radius 2 is 1.81 bits per heavy atom. The van der Waals surface area contributed by atoms with Crippen molar-refractivity contribution in [3.63, 3.8) is 0 Å². The highest BCUT2D eigenvalue weighted by Crippen LogP contribution is 2.11. The highest BCUT2D eigenvalue weighted by Gasteiger charge is 2.25. The second-order valence-electron chi connectivity index (χ2n) is 5.59. The number of carbonyl (C=O) groups excluding carboxylic acids is 2. The van der Waals surface area contributed by atoms with E-state index in [0.29, 0.717) is 37.3 Å². The standard InChI is InChI=1S/C15H22N4O2/c1-10-8-19(9-11(2)18-10)14(20)13-5-3-12(4-6-13)7-17-15(16)21/h3-6,10-11,18H,7-9H2,1-2H3,(H3,16,17,21)/t10-,11+. The molecule has 0 aliphatic carbocycles. The lowest BCUT2D eigenvalue weighted by molar-refractivity contribution is 0.0674. The number of urea groups is 1. The fourth-order valence-electron chi connectivity index (χ4n) is 2.63. The fourth-order valence-corrected chi connectivity index (χ4v) is 2.63. The van der Waals surface area contributed by atoms with Crippen molar-refractivity contribution in [3.8, 4) is 0 Å². The van der Waals surface area contributed by atoms with E-state index in [1.54, 1.807) is 12.1 Å². The van der Waals surface area contributed by atoms with Crippen molar-refractivity contribution >= 4 is 11.9 Å². The van der Waals surface area contributed by atoms with Gasteiger partial charge in [0.2, 0.25) is 0 Å². The highest BCUT2D eigenvalue weighted by atomic mass is 16.2. The Hall–Kier alpha value is -2.08. The van der Waals surface area contributed by atoms with E-state index in [-0.39, 0.29) is 5.91 Å². The summed E-state index contributed by atoms with van der Waals surface area (Å²) in [5, 5.41) is 5.93. The lowest BCUT2D eigenvalue weighted by Crippen LogP contribution is -2.55. The molecular weight excluding hydrogens is 268 g/mol. The van der Waals surface area contributed by atoms with Crippen molar-refractivity contribution in [2.24, 2.45) is 5.73 Å². The Kier molecular flexibility index (Phi) is 4.80.